The van der Waals surface area contributed by atoms with Crippen LogP contribution in [0, 0.1) is 0 Å². The lowest BCUT2D eigenvalue weighted by Gasteiger charge is -2.08. The maximum Gasteiger partial charge on any atom is 0.261 e. The van der Waals surface area contributed by atoms with E-state index in [1.807, 2.05) is 12.1 Å². The predicted molar refractivity (Wildman–Crippen MR) is 88.6 cm³/mol. The number of carbonyl (C=O) groups is 1. The fourth-order valence-electron chi connectivity index (χ4n) is 2.27. The van der Waals surface area contributed by atoms with Gasteiger partial charge < -0.3 is 10.1 Å². The Morgan fingerprint density at radius 2 is 2.04 bits per heavy atom. The lowest BCUT2D eigenvalue weighted by Crippen LogP contribution is -2.32. The first-order chi connectivity index (χ1) is 11.7. The van der Waals surface area contributed by atoms with Crippen LogP contribution >= 0.6 is 0 Å². The molecule has 1 amide bonds. The van der Waals surface area contributed by atoms with E-state index < -0.39 is 0 Å². The van der Waals surface area contributed by atoms with Crippen molar-refractivity contribution in [1.29, 1.82) is 0 Å². The number of pyridine rings is 1. The Labute approximate surface area is 137 Å². The maximum atomic E-state index is 12.3. The Hall–Kier alpha value is -3.22. The van der Waals surface area contributed by atoms with Gasteiger partial charge in [-0.05, 0) is 17.7 Å². The number of para-hydroxylation sites is 1. The molecule has 1 aromatic carbocycles. The van der Waals surface area contributed by atoms with E-state index in [9.17, 15) is 9.59 Å². The Balaban J connectivity index is 1.66. The summed E-state index contributed by atoms with van der Waals surface area (Å²) in [4.78, 5) is 32.6. The van der Waals surface area contributed by atoms with Gasteiger partial charge in [-0.2, -0.15) is 0 Å². The van der Waals surface area contributed by atoms with E-state index >= 15 is 0 Å². The van der Waals surface area contributed by atoms with E-state index in [0.717, 1.165) is 5.56 Å². The van der Waals surface area contributed by atoms with Gasteiger partial charge in [0.25, 0.3) is 5.56 Å². The molecule has 24 heavy (non-hydrogen) atoms. The Bertz CT molecular complexity index is 919. The summed E-state index contributed by atoms with van der Waals surface area (Å²) in [6.45, 7) is 0.242. The van der Waals surface area contributed by atoms with Crippen molar-refractivity contribution >= 4 is 16.8 Å². The molecular weight excluding hydrogens is 308 g/mol. The fraction of sp³-hybridized carbons (Fsp3) is 0.176. The minimum Gasteiger partial charge on any atom is -0.481 e. The first kappa shape index (κ1) is 15.7. The van der Waals surface area contributed by atoms with Gasteiger partial charge in [-0.1, -0.05) is 18.2 Å². The molecule has 0 bridgehead atoms. The number of rotatable bonds is 5. The number of nitrogens with zero attached hydrogens (tertiary/aromatic N) is 3. The van der Waals surface area contributed by atoms with Gasteiger partial charge in [-0.25, -0.2) is 9.97 Å². The number of nitrogens with one attached hydrogen (secondary N) is 1. The molecule has 0 aliphatic heterocycles. The van der Waals surface area contributed by atoms with Crippen molar-refractivity contribution in [1.82, 2.24) is 19.9 Å². The molecule has 7 nitrogen and oxygen atoms in total. The number of aromatic nitrogens is 3. The number of fused-ring (bicyclic) bond motifs is 1. The minimum absolute atomic E-state index is 0.0831. The van der Waals surface area contributed by atoms with Crippen LogP contribution in [0.4, 0.5) is 0 Å². The van der Waals surface area contributed by atoms with E-state index in [1.54, 1.807) is 37.6 Å². The quantitative estimate of drug-likeness (QED) is 0.760. The van der Waals surface area contributed by atoms with Crippen LogP contribution in [0.15, 0.2) is 53.7 Å². The van der Waals surface area contributed by atoms with Crippen LogP contribution in [0.25, 0.3) is 10.9 Å². The zero-order chi connectivity index (χ0) is 16.9. The van der Waals surface area contributed by atoms with Gasteiger partial charge in [0.15, 0.2) is 0 Å². The summed E-state index contributed by atoms with van der Waals surface area (Å²) < 4.78 is 6.27. The normalized spacial score (nSPS) is 10.5. The number of benzene rings is 1. The predicted octanol–water partition coefficient (Wildman–Crippen LogP) is 1.12. The van der Waals surface area contributed by atoms with Crippen LogP contribution in [0.2, 0.25) is 0 Å². The first-order valence-electron chi connectivity index (χ1n) is 7.37. The van der Waals surface area contributed by atoms with E-state index in [4.69, 9.17) is 4.74 Å². The molecule has 0 saturated carbocycles. The third-order valence-electron chi connectivity index (χ3n) is 3.54. The standard InChI is InChI=1S/C17H16N4O3/c1-24-16-7-6-12(9-19-16)8-18-15(22)10-21-11-20-14-5-3-2-4-13(14)17(21)23/h2-7,9,11H,8,10H2,1H3,(H,18,22). The Kier molecular flexibility index (Phi) is 4.51. The molecular formula is C17H16N4O3. The van der Waals surface area contributed by atoms with Gasteiger partial charge in [0.2, 0.25) is 11.8 Å². The fourth-order valence-corrected chi connectivity index (χ4v) is 2.27. The van der Waals surface area contributed by atoms with E-state index in [0.29, 0.717) is 23.3 Å². The smallest absolute Gasteiger partial charge is 0.261 e. The second-order valence-corrected chi connectivity index (χ2v) is 5.18. The highest BCUT2D eigenvalue weighted by atomic mass is 16.5. The molecule has 2 heterocycles. The van der Waals surface area contributed by atoms with Crippen molar-refractivity contribution in [3.63, 3.8) is 0 Å². The largest absolute Gasteiger partial charge is 0.481 e. The highest BCUT2D eigenvalue weighted by molar-refractivity contribution is 5.78. The van der Waals surface area contributed by atoms with Gasteiger partial charge in [-0.15, -0.1) is 0 Å². The monoisotopic (exact) mass is 324 g/mol. The average molecular weight is 324 g/mol. The molecule has 0 saturated heterocycles. The molecule has 0 unspecified atom stereocenters. The van der Waals surface area contributed by atoms with Crippen molar-refractivity contribution in [3.8, 4) is 5.88 Å². The molecule has 3 rings (SSSR count). The molecule has 0 aliphatic carbocycles. The second kappa shape index (κ2) is 6.91. The van der Waals surface area contributed by atoms with Gasteiger partial charge in [0, 0.05) is 18.8 Å². The summed E-state index contributed by atoms with van der Waals surface area (Å²) in [5.74, 6) is 0.240. The van der Waals surface area contributed by atoms with Crippen molar-refractivity contribution in [2.24, 2.45) is 0 Å². The van der Waals surface area contributed by atoms with Gasteiger partial charge >= 0.3 is 0 Å². The molecule has 122 valence electrons. The van der Waals surface area contributed by atoms with E-state index in [1.165, 1.54) is 10.9 Å². The summed E-state index contributed by atoms with van der Waals surface area (Å²) in [6, 6.07) is 10.6. The summed E-state index contributed by atoms with van der Waals surface area (Å²) >= 11 is 0. The summed E-state index contributed by atoms with van der Waals surface area (Å²) in [5.41, 5.74) is 1.22. The molecule has 2 aromatic heterocycles. The van der Waals surface area contributed by atoms with Crippen molar-refractivity contribution in [2.45, 2.75) is 13.1 Å². The highest BCUT2D eigenvalue weighted by Gasteiger charge is 2.08. The van der Waals surface area contributed by atoms with Crippen LogP contribution in [0.3, 0.4) is 0 Å². The first-order valence-corrected chi connectivity index (χ1v) is 7.37. The number of amides is 1. The zero-order valence-electron chi connectivity index (χ0n) is 13.1. The Morgan fingerprint density at radius 1 is 1.21 bits per heavy atom. The topological polar surface area (TPSA) is 86.1 Å². The Morgan fingerprint density at radius 3 is 2.79 bits per heavy atom. The van der Waals surface area contributed by atoms with Crippen LogP contribution in [0.1, 0.15) is 5.56 Å². The van der Waals surface area contributed by atoms with Crippen molar-refractivity contribution in [2.75, 3.05) is 7.11 Å². The summed E-state index contributed by atoms with van der Waals surface area (Å²) in [7, 11) is 1.54. The van der Waals surface area contributed by atoms with Gasteiger partial charge in [0.1, 0.15) is 6.54 Å². The third-order valence-corrected chi connectivity index (χ3v) is 3.54. The van der Waals surface area contributed by atoms with Crippen molar-refractivity contribution in [3.05, 3.63) is 64.8 Å². The molecule has 7 heteroatoms. The lowest BCUT2D eigenvalue weighted by atomic mass is 10.2. The third kappa shape index (κ3) is 3.40. The molecule has 0 fully saturated rings. The van der Waals surface area contributed by atoms with Crippen LogP contribution < -0.4 is 15.6 Å². The number of hydrogen-bond donors (Lipinski definition) is 1. The van der Waals surface area contributed by atoms with Gasteiger partial charge in [0.05, 0.1) is 24.3 Å². The SMILES string of the molecule is COc1ccc(CNC(=O)Cn2cnc3ccccc3c2=O)cn1. The highest BCUT2D eigenvalue weighted by Crippen LogP contribution is 2.06. The number of methoxy groups -OCH3 is 1. The molecule has 0 radical (unpaired) electrons. The lowest BCUT2D eigenvalue weighted by molar-refractivity contribution is -0.121. The maximum absolute atomic E-state index is 12.3. The number of hydrogen-bond acceptors (Lipinski definition) is 5. The second-order valence-electron chi connectivity index (χ2n) is 5.18. The number of ether oxygens (including phenoxy) is 1. The average Bonchev–Trinajstić information content (AvgIpc) is 2.63. The molecule has 0 aliphatic rings. The zero-order valence-corrected chi connectivity index (χ0v) is 13.1. The minimum atomic E-state index is -0.273. The molecule has 1 N–H and O–H groups in total. The summed E-state index contributed by atoms with van der Waals surface area (Å²) in [6.07, 6.45) is 3.02. The molecule has 3 aromatic rings. The molecule has 0 atom stereocenters. The van der Waals surface area contributed by atoms with Crippen LogP contribution in [-0.2, 0) is 17.9 Å². The summed E-state index contributed by atoms with van der Waals surface area (Å²) in [5, 5.41) is 3.25. The molecule has 0 spiro atoms. The van der Waals surface area contributed by atoms with Crippen LogP contribution in [0.5, 0.6) is 5.88 Å². The van der Waals surface area contributed by atoms with E-state index in [2.05, 4.69) is 15.3 Å². The van der Waals surface area contributed by atoms with Crippen molar-refractivity contribution < 1.29 is 9.53 Å². The van der Waals surface area contributed by atoms with E-state index in [-0.39, 0.29) is 18.0 Å². The number of carbonyl (C=O) groups excluding carboxylic acids is 1. The van der Waals surface area contributed by atoms with Gasteiger partial charge in [-0.3, -0.25) is 14.2 Å². The van der Waals surface area contributed by atoms with Crippen LogP contribution in [-0.4, -0.2) is 27.6 Å².